The lowest BCUT2D eigenvalue weighted by Gasteiger charge is -2.34. The molecule has 36 heavy (non-hydrogen) atoms. The van der Waals surface area contributed by atoms with E-state index in [9.17, 15) is 0 Å². The van der Waals surface area contributed by atoms with Crippen molar-refractivity contribution in [1.82, 2.24) is 5.43 Å². The van der Waals surface area contributed by atoms with Gasteiger partial charge in [0.1, 0.15) is 0 Å². The molecule has 3 nitrogen and oxygen atoms in total. The van der Waals surface area contributed by atoms with E-state index in [2.05, 4.69) is 73.8 Å². The van der Waals surface area contributed by atoms with Crippen LogP contribution in [0.5, 0.6) is 0 Å². The quantitative estimate of drug-likeness (QED) is 0.253. The topological polar surface area (TPSA) is 33.6 Å². The van der Waals surface area contributed by atoms with Crippen molar-refractivity contribution in [2.75, 3.05) is 0 Å². The average molecular weight is 489 g/mol. The van der Waals surface area contributed by atoms with Crippen molar-refractivity contribution in [2.24, 2.45) is 5.10 Å². The van der Waals surface area contributed by atoms with Gasteiger partial charge in [-0.15, -0.1) is 5.10 Å². The highest BCUT2D eigenvalue weighted by atomic mass is 16.5. The molecule has 0 saturated heterocycles. The maximum absolute atomic E-state index is 6.15. The summed E-state index contributed by atoms with van der Waals surface area (Å²) in [5.41, 5.74) is 9.85. The molecule has 0 fully saturated rings. The van der Waals surface area contributed by atoms with Crippen molar-refractivity contribution in [1.29, 1.82) is 0 Å². The van der Waals surface area contributed by atoms with Crippen LogP contribution in [-0.2, 0) is 15.9 Å². The van der Waals surface area contributed by atoms with Crippen LogP contribution in [-0.4, -0.2) is 5.90 Å². The fourth-order valence-corrected chi connectivity index (χ4v) is 6.48. The number of nitrogens with one attached hydrogen (secondary N) is 1. The van der Waals surface area contributed by atoms with Gasteiger partial charge in [0.25, 0.3) is 0 Å². The first-order valence-electron chi connectivity index (χ1n) is 14.8. The molecule has 2 aromatic carbocycles. The van der Waals surface area contributed by atoms with Crippen LogP contribution in [0.1, 0.15) is 134 Å². The second kappa shape index (κ2) is 12.3. The Balaban J connectivity index is 1.64. The van der Waals surface area contributed by atoms with E-state index in [1.807, 2.05) is 6.92 Å². The summed E-state index contributed by atoms with van der Waals surface area (Å²) in [5.74, 6) is 0.701. The van der Waals surface area contributed by atoms with Crippen LogP contribution in [0, 0.1) is 0 Å². The number of benzene rings is 2. The fourth-order valence-electron chi connectivity index (χ4n) is 6.48. The molecule has 0 aromatic heterocycles. The lowest BCUT2D eigenvalue weighted by Crippen LogP contribution is -2.35. The first-order chi connectivity index (χ1) is 17.5. The number of hydrazone groups is 1. The molecule has 0 amide bonds. The maximum atomic E-state index is 6.15. The van der Waals surface area contributed by atoms with Gasteiger partial charge in [-0.05, 0) is 41.2 Å². The highest BCUT2D eigenvalue weighted by molar-refractivity contribution is 5.82. The van der Waals surface area contributed by atoms with E-state index in [-0.39, 0.29) is 5.41 Å². The van der Waals surface area contributed by atoms with Crippen LogP contribution < -0.4 is 5.43 Å². The normalized spacial score (nSPS) is 19.4. The van der Waals surface area contributed by atoms with E-state index in [0.29, 0.717) is 5.90 Å². The molecule has 2 aliphatic rings. The first-order valence-corrected chi connectivity index (χ1v) is 14.8. The van der Waals surface area contributed by atoms with Crippen molar-refractivity contribution in [2.45, 2.75) is 129 Å². The van der Waals surface area contributed by atoms with E-state index in [4.69, 9.17) is 4.74 Å². The van der Waals surface area contributed by atoms with Crippen LogP contribution in [0.25, 0.3) is 11.1 Å². The molecule has 1 unspecified atom stereocenters. The third-order valence-electron chi connectivity index (χ3n) is 8.51. The van der Waals surface area contributed by atoms with Crippen molar-refractivity contribution in [3.05, 3.63) is 59.2 Å². The lowest BCUT2D eigenvalue weighted by atomic mass is 9.70. The smallest absolute Gasteiger partial charge is 0.220 e. The minimum absolute atomic E-state index is 0.0995. The van der Waals surface area contributed by atoms with Gasteiger partial charge in [-0.3, -0.25) is 5.43 Å². The highest BCUT2D eigenvalue weighted by Gasteiger charge is 2.44. The fraction of sp³-hybridized carbons (Fsp3) is 0.606. The Morgan fingerprint density at radius 3 is 1.92 bits per heavy atom. The summed E-state index contributed by atoms with van der Waals surface area (Å²) in [5, 5.41) is 4.35. The van der Waals surface area contributed by atoms with Crippen molar-refractivity contribution < 1.29 is 4.74 Å². The number of hydrogen-bond donors (Lipinski definition) is 1. The van der Waals surface area contributed by atoms with Crippen molar-refractivity contribution in [3.63, 3.8) is 0 Å². The summed E-state index contributed by atoms with van der Waals surface area (Å²) in [6.45, 7) is 8.62. The second-order valence-electron chi connectivity index (χ2n) is 11.3. The minimum atomic E-state index is -0.597. The molecule has 0 bridgehead atoms. The second-order valence-corrected chi connectivity index (χ2v) is 11.3. The van der Waals surface area contributed by atoms with Crippen LogP contribution in [0.3, 0.4) is 0 Å². The van der Waals surface area contributed by atoms with Gasteiger partial charge in [0.2, 0.25) is 11.6 Å². The van der Waals surface area contributed by atoms with Gasteiger partial charge < -0.3 is 4.74 Å². The van der Waals surface area contributed by atoms with E-state index >= 15 is 0 Å². The van der Waals surface area contributed by atoms with Crippen LogP contribution in [0.2, 0.25) is 0 Å². The molecule has 0 saturated carbocycles. The molecule has 1 aliphatic carbocycles. The molecule has 1 aliphatic heterocycles. The summed E-state index contributed by atoms with van der Waals surface area (Å²) in [6, 6.07) is 16.3. The third-order valence-corrected chi connectivity index (χ3v) is 8.51. The zero-order valence-electron chi connectivity index (χ0n) is 23.3. The monoisotopic (exact) mass is 488 g/mol. The van der Waals surface area contributed by atoms with Gasteiger partial charge in [-0.2, -0.15) is 0 Å². The molecule has 0 radical (unpaired) electrons. The van der Waals surface area contributed by atoms with Crippen LogP contribution >= 0.6 is 0 Å². The summed E-state index contributed by atoms with van der Waals surface area (Å²) in [4.78, 5) is 0. The zero-order valence-corrected chi connectivity index (χ0v) is 23.3. The molecule has 4 rings (SSSR count). The Bertz CT molecular complexity index is 1010. The third kappa shape index (κ3) is 5.66. The molecular formula is C33H48N2O. The van der Waals surface area contributed by atoms with Gasteiger partial charge >= 0.3 is 0 Å². The standard InChI is InChI=1S/C33H48N2O/c1-5-7-9-11-13-17-23-33(24-18-14-12-10-8-6-2)30-20-16-15-19-28(30)29-22-21-27(25-31(29)33)32(4)35-34-26(3)36-32/h15-16,19-22,25,35H,5-14,17-18,23-24H2,1-4H3. The SMILES string of the molecule is CCCCCCCCC1(CCCCCCCC)c2ccccc2-c2ccc(C3(C)NN=C(C)O3)cc21. The Kier molecular flexibility index (Phi) is 9.14. The molecule has 196 valence electrons. The molecule has 2 aromatic rings. The van der Waals surface area contributed by atoms with E-state index < -0.39 is 5.72 Å². The maximum Gasteiger partial charge on any atom is 0.220 e. The predicted molar refractivity (Wildman–Crippen MR) is 153 cm³/mol. The van der Waals surface area contributed by atoms with Gasteiger partial charge in [0.15, 0.2) is 0 Å². The Hall–Kier alpha value is -2.29. The van der Waals surface area contributed by atoms with Crippen LogP contribution in [0.4, 0.5) is 0 Å². The summed E-state index contributed by atoms with van der Waals surface area (Å²) in [7, 11) is 0. The van der Waals surface area contributed by atoms with Gasteiger partial charge in [-0.1, -0.05) is 127 Å². The summed E-state index contributed by atoms with van der Waals surface area (Å²) >= 11 is 0. The predicted octanol–water partition coefficient (Wildman–Crippen LogP) is 9.58. The summed E-state index contributed by atoms with van der Waals surface area (Å²) in [6.07, 6.45) is 18.6. The van der Waals surface area contributed by atoms with Gasteiger partial charge in [0, 0.05) is 24.8 Å². The van der Waals surface area contributed by atoms with Crippen molar-refractivity contribution in [3.8, 4) is 11.1 Å². The Morgan fingerprint density at radius 1 is 0.722 bits per heavy atom. The molecule has 1 heterocycles. The van der Waals surface area contributed by atoms with E-state index in [0.717, 1.165) is 0 Å². The zero-order chi connectivity index (χ0) is 25.4. The largest absolute Gasteiger partial charge is 0.448 e. The molecule has 1 N–H and O–H groups in total. The number of hydrogen-bond acceptors (Lipinski definition) is 3. The first kappa shape index (κ1) is 26.8. The minimum Gasteiger partial charge on any atom is -0.448 e. The Morgan fingerprint density at radius 2 is 1.31 bits per heavy atom. The van der Waals surface area contributed by atoms with Crippen LogP contribution in [0.15, 0.2) is 47.6 Å². The van der Waals surface area contributed by atoms with Crippen molar-refractivity contribution >= 4 is 5.90 Å². The number of fused-ring (bicyclic) bond motifs is 3. The lowest BCUT2D eigenvalue weighted by molar-refractivity contribution is 0.0655. The van der Waals surface area contributed by atoms with Gasteiger partial charge in [0.05, 0.1) is 0 Å². The number of unbranched alkanes of at least 4 members (excludes halogenated alkanes) is 10. The molecule has 3 heteroatoms. The molecule has 0 spiro atoms. The molecule has 1 atom stereocenters. The number of ether oxygens (including phenoxy) is 1. The van der Waals surface area contributed by atoms with Gasteiger partial charge in [-0.25, -0.2) is 0 Å². The van der Waals surface area contributed by atoms with E-state index in [1.165, 1.54) is 112 Å². The number of nitrogens with zero attached hydrogens (tertiary/aromatic N) is 1. The van der Waals surface area contributed by atoms with E-state index in [1.54, 1.807) is 5.56 Å². The highest BCUT2D eigenvalue weighted by Crippen LogP contribution is 2.55. The molecular weight excluding hydrogens is 440 g/mol. The summed E-state index contributed by atoms with van der Waals surface area (Å²) < 4.78 is 6.15. The average Bonchev–Trinajstić information content (AvgIpc) is 3.38. The Labute approximate surface area is 220 Å². The number of rotatable bonds is 15.